The van der Waals surface area contributed by atoms with E-state index in [-0.39, 0.29) is 5.41 Å². The molecule has 0 unspecified atom stereocenters. The van der Waals surface area contributed by atoms with Crippen LogP contribution in [0.3, 0.4) is 0 Å². The van der Waals surface area contributed by atoms with Gasteiger partial charge in [-0.1, -0.05) is 52.6 Å². The molecular formula is C10H20OSSi. The zero-order valence-electron chi connectivity index (χ0n) is 9.52. The molecule has 0 aromatic rings. The second-order valence-electron chi connectivity index (χ2n) is 5.52. The van der Waals surface area contributed by atoms with E-state index in [1.54, 1.807) is 0 Å². The first-order valence-corrected chi connectivity index (χ1v) is 8.52. The standard InChI is InChI=1S/C10H20OSSi/c1-10(2,3)8(12)7-9(11)13(4,5)6/h7H2,1-6H3. The molecule has 13 heavy (non-hydrogen) atoms. The molecule has 0 atom stereocenters. The topological polar surface area (TPSA) is 17.1 Å². The van der Waals surface area contributed by atoms with Crippen molar-refractivity contribution in [3.8, 4) is 0 Å². The molecule has 0 aliphatic heterocycles. The Morgan fingerprint density at radius 1 is 1.23 bits per heavy atom. The lowest BCUT2D eigenvalue weighted by molar-refractivity contribution is -0.111. The van der Waals surface area contributed by atoms with Gasteiger partial charge in [-0.15, -0.1) is 0 Å². The van der Waals surface area contributed by atoms with E-state index in [2.05, 4.69) is 40.4 Å². The molecule has 1 nitrogen and oxygen atoms in total. The van der Waals surface area contributed by atoms with Crippen LogP contribution in [0.4, 0.5) is 0 Å². The maximum Gasteiger partial charge on any atom is 0.124 e. The highest BCUT2D eigenvalue weighted by atomic mass is 32.1. The molecule has 0 saturated heterocycles. The highest BCUT2D eigenvalue weighted by Gasteiger charge is 2.27. The van der Waals surface area contributed by atoms with E-state index in [0.29, 0.717) is 11.8 Å². The Balaban J connectivity index is 4.34. The predicted molar refractivity (Wildman–Crippen MR) is 65.0 cm³/mol. The molecule has 0 N–H and O–H groups in total. The van der Waals surface area contributed by atoms with E-state index < -0.39 is 8.07 Å². The molecule has 0 heterocycles. The quantitative estimate of drug-likeness (QED) is 0.532. The van der Waals surface area contributed by atoms with Crippen LogP contribution in [0.1, 0.15) is 27.2 Å². The second-order valence-corrected chi connectivity index (χ2v) is 11.1. The van der Waals surface area contributed by atoms with Crippen molar-refractivity contribution < 1.29 is 4.79 Å². The van der Waals surface area contributed by atoms with E-state index in [1.807, 2.05) is 0 Å². The van der Waals surface area contributed by atoms with E-state index in [1.165, 1.54) is 0 Å². The molecule has 0 aromatic heterocycles. The summed E-state index contributed by atoms with van der Waals surface area (Å²) >= 11 is 5.24. The highest BCUT2D eigenvalue weighted by Crippen LogP contribution is 2.20. The summed E-state index contributed by atoms with van der Waals surface area (Å²) in [4.78, 5) is 12.6. The van der Waals surface area contributed by atoms with Crippen molar-refractivity contribution in [2.75, 3.05) is 0 Å². The van der Waals surface area contributed by atoms with Gasteiger partial charge in [0.1, 0.15) is 13.5 Å². The van der Waals surface area contributed by atoms with Gasteiger partial charge in [0.15, 0.2) is 0 Å². The van der Waals surface area contributed by atoms with Crippen molar-refractivity contribution in [3.05, 3.63) is 0 Å². The molecule has 0 radical (unpaired) electrons. The summed E-state index contributed by atoms with van der Waals surface area (Å²) < 4.78 is 0. The van der Waals surface area contributed by atoms with Crippen LogP contribution in [-0.4, -0.2) is 18.3 Å². The minimum Gasteiger partial charge on any atom is -0.305 e. The Bertz CT molecular complexity index is 196. The van der Waals surface area contributed by atoms with E-state index in [9.17, 15) is 4.79 Å². The van der Waals surface area contributed by atoms with Crippen molar-refractivity contribution in [1.82, 2.24) is 0 Å². The van der Waals surface area contributed by atoms with Gasteiger partial charge in [0.05, 0.1) is 0 Å². The smallest absolute Gasteiger partial charge is 0.124 e. The number of hydrogen-bond acceptors (Lipinski definition) is 2. The van der Waals surface area contributed by atoms with Crippen LogP contribution in [0.5, 0.6) is 0 Å². The van der Waals surface area contributed by atoms with Crippen LogP contribution < -0.4 is 0 Å². The van der Waals surface area contributed by atoms with E-state index in [4.69, 9.17) is 12.2 Å². The van der Waals surface area contributed by atoms with Crippen LogP contribution in [0, 0.1) is 5.41 Å². The van der Waals surface area contributed by atoms with E-state index >= 15 is 0 Å². The van der Waals surface area contributed by atoms with Gasteiger partial charge in [-0.25, -0.2) is 0 Å². The molecule has 0 aliphatic carbocycles. The van der Waals surface area contributed by atoms with Gasteiger partial charge in [0.2, 0.25) is 0 Å². The monoisotopic (exact) mass is 216 g/mol. The molecule has 0 bridgehead atoms. The number of thiocarbonyl (C=S) groups is 1. The summed E-state index contributed by atoms with van der Waals surface area (Å²) in [5.41, 5.74) is -0.00928. The maximum atomic E-state index is 11.7. The minimum absolute atomic E-state index is 0.00928. The van der Waals surface area contributed by atoms with Crippen molar-refractivity contribution in [2.24, 2.45) is 5.41 Å². The molecule has 0 fully saturated rings. The first-order valence-electron chi connectivity index (χ1n) is 4.62. The summed E-state index contributed by atoms with van der Waals surface area (Å²) in [6, 6.07) is 0. The molecule has 0 spiro atoms. The van der Waals surface area contributed by atoms with E-state index in [0.717, 1.165) is 4.86 Å². The number of carbonyl (C=O) groups excluding carboxylic acids is 1. The van der Waals surface area contributed by atoms with Crippen molar-refractivity contribution >= 4 is 30.6 Å². The van der Waals surface area contributed by atoms with Gasteiger partial charge in [-0.2, -0.15) is 0 Å². The normalized spacial score (nSPS) is 12.8. The third-order valence-corrected chi connectivity index (χ3v) is 4.60. The molecule has 0 rings (SSSR count). The van der Waals surface area contributed by atoms with Crippen LogP contribution >= 0.6 is 12.2 Å². The third kappa shape index (κ3) is 4.67. The minimum atomic E-state index is -1.63. The molecule has 0 saturated carbocycles. The lowest BCUT2D eigenvalue weighted by Gasteiger charge is -2.22. The number of carbonyl (C=O) groups is 1. The Morgan fingerprint density at radius 3 is 1.85 bits per heavy atom. The van der Waals surface area contributed by atoms with Crippen molar-refractivity contribution in [1.29, 1.82) is 0 Å². The van der Waals surface area contributed by atoms with Crippen LogP contribution in [0.2, 0.25) is 19.6 Å². The Hall–Kier alpha value is -0.0231. The van der Waals surface area contributed by atoms with Crippen molar-refractivity contribution in [3.63, 3.8) is 0 Å². The van der Waals surface area contributed by atoms with Crippen LogP contribution in [0.15, 0.2) is 0 Å². The summed E-state index contributed by atoms with van der Waals surface area (Å²) in [7, 11) is -1.63. The fourth-order valence-corrected chi connectivity index (χ4v) is 1.64. The fraction of sp³-hybridized carbons (Fsp3) is 0.800. The summed E-state index contributed by atoms with van der Waals surface area (Å²) in [6.07, 6.45) is 0.495. The Kier molecular flexibility index (Phi) is 4.00. The lowest BCUT2D eigenvalue weighted by atomic mass is 9.90. The van der Waals surface area contributed by atoms with Crippen molar-refractivity contribution in [2.45, 2.75) is 46.8 Å². The molecular weight excluding hydrogens is 196 g/mol. The Labute approximate surface area is 87.9 Å². The Morgan fingerprint density at radius 2 is 1.62 bits per heavy atom. The summed E-state index contributed by atoms with van der Waals surface area (Å²) in [6.45, 7) is 12.4. The molecule has 76 valence electrons. The first-order chi connectivity index (χ1) is 5.55. The zero-order valence-corrected chi connectivity index (χ0v) is 11.3. The van der Waals surface area contributed by atoms with Crippen LogP contribution in [0.25, 0.3) is 0 Å². The largest absolute Gasteiger partial charge is 0.305 e. The first kappa shape index (κ1) is 13.0. The molecule has 0 aliphatic rings. The van der Waals surface area contributed by atoms with Gasteiger partial charge >= 0.3 is 0 Å². The lowest BCUT2D eigenvalue weighted by Crippen LogP contribution is -2.36. The SMILES string of the molecule is CC(C)(C)C(=S)CC(=O)[Si](C)(C)C. The molecule has 0 amide bonds. The molecule has 3 heteroatoms. The van der Waals surface area contributed by atoms with Gasteiger partial charge in [-0.3, -0.25) is 0 Å². The number of rotatable bonds is 3. The highest BCUT2D eigenvalue weighted by molar-refractivity contribution is 7.80. The van der Waals surface area contributed by atoms with Crippen LogP contribution in [-0.2, 0) is 4.79 Å². The second kappa shape index (κ2) is 4.01. The summed E-state index contributed by atoms with van der Waals surface area (Å²) in [5.74, 6) is 0. The summed E-state index contributed by atoms with van der Waals surface area (Å²) in [5, 5.41) is 0.368. The number of hydrogen-bond donors (Lipinski definition) is 0. The predicted octanol–water partition coefficient (Wildman–Crippen LogP) is 3.24. The average Bonchev–Trinajstić information content (AvgIpc) is 1.82. The zero-order chi connectivity index (χ0) is 10.9. The van der Waals surface area contributed by atoms with Gasteiger partial charge in [0, 0.05) is 11.3 Å². The van der Waals surface area contributed by atoms with Gasteiger partial charge in [-0.05, 0) is 5.41 Å². The fourth-order valence-electron chi connectivity index (χ4n) is 0.676. The molecule has 0 aromatic carbocycles. The van der Waals surface area contributed by atoms with Gasteiger partial charge < -0.3 is 4.79 Å². The third-order valence-electron chi connectivity index (χ3n) is 1.99. The maximum absolute atomic E-state index is 11.7. The van der Waals surface area contributed by atoms with Gasteiger partial charge in [0.25, 0.3) is 0 Å². The average molecular weight is 216 g/mol.